The van der Waals surface area contributed by atoms with E-state index in [1.807, 2.05) is 11.6 Å². The second-order valence-corrected chi connectivity index (χ2v) is 5.57. The smallest absolute Gasteiger partial charge is 0.168 e. The number of rotatable bonds is 3. The molecule has 2 heterocycles. The Labute approximate surface area is 113 Å². The molecule has 0 bridgehead atoms. The Kier molecular flexibility index (Phi) is 3.56. The van der Waals surface area contributed by atoms with Crippen molar-refractivity contribution in [3.8, 4) is 0 Å². The third-order valence-corrected chi connectivity index (χ3v) is 4.18. The average molecular weight is 266 g/mol. The maximum Gasteiger partial charge on any atom is 0.168 e. The third-order valence-electron chi connectivity index (χ3n) is 4.18. The minimum atomic E-state index is -0.272. The molecule has 2 aliphatic rings. The quantitative estimate of drug-likeness (QED) is 0.889. The predicted molar refractivity (Wildman–Crippen MR) is 69.4 cm³/mol. The van der Waals surface area contributed by atoms with Crippen molar-refractivity contribution < 1.29 is 9.47 Å². The number of nitrogens with one attached hydrogen (secondary N) is 1. The van der Waals surface area contributed by atoms with Crippen molar-refractivity contribution in [1.82, 2.24) is 20.1 Å². The molecule has 0 aromatic carbocycles. The maximum atomic E-state index is 5.75. The van der Waals surface area contributed by atoms with Crippen molar-refractivity contribution in [3.05, 3.63) is 12.2 Å². The minimum absolute atomic E-state index is 0.219. The number of hydrogen-bond acceptors (Lipinski definition) is 5. The van der Waals surface area contributed by atoms with Gasteiger partial charge in [0.05, 0.1) is 19.3 Å². The van der Waals surface area contributed by atoms with Gasteiger partial charge in [-0.05, 0) is 19.8 Å². The van der Waals surface area contributed by atoms with Gasteiger partial charge in [0.1, 0.15) is 12.2 Å². The van der Waals surface area contributed by atoms with Crippen molar-refractivity contribution in [2.24, 2.45) is 7.05 Å². The number of hydrogen-bond donors (Lipinski definition) is 1. The molecule has 1 aliphatic carbocycles. The van der Waals surface area contributed by atoms with E-state index in [-0.39, 0.29) is 11.8 Å². The van der Waals surface area contributed by atoms with E-state index in [0.717, 1.165) is 44.7 Å². The first-order valence-electron chi connectivity index (χ1n) is 7.06. The molecular weight excluding hydrogens is 244 g/mol. The van der Waals surface area contributed by atoms with Gasteiger partial charge in [-0.2, -0.15) is 0 Å². The van der Waals surface area contributed by atoms with Crippen LogP contribution in [0.25, 0.3) is 0 Å². The summed E-state index contributed by atoms with van der Waals surface area (Å²) in [5.41, 5.74) is 0. The van der Waals surface area contributed by atoms with Crippen LogP contribution < -0.4 is 5.32 Å². The monoisotopic (exact) mass is 266 g/mol. The van der Waals surface area contributed by atoms with E-state index in [9.17, 15) is 0 Å². The highest BCUT2D eigenvalue weighted by Gasteiger charge is 2.40. The molecule has 3 rings (SSSR count). The lowest BCUT2D eigenvalue weighted by molar-refractivity contribution is -0.179. The predicted octanol–water partition coefficient (Wildman–Crippen LogP) is 1.15. The average Bonchev–Trinajstić information content (AvgIpc) is 3.02. The Morgan fingerprint density at radius 2 is 2.05 bits per heavy atom. The molecule has 0 radical (unpaired) electrons. The molecule has 106 valence electrons. The fourth-order valence-corrected chi connectivity index (χ4v) is 3.12. The van der Waals surface area contributed by atoms with Crippen molar-refractivity contribution in [2.75, 3.05) is 13.2 Å². The molecule has 1 saturated carbocycles. The number of aromatic nitrogens is 3. The van der Waals surface area contributed by atoms with E-state index in [1.54, 1.807) is 6.33 Å². The first-order chi connectivity index (χ1) is 9.19. The molecule has 6 nitrogen and oxygen atoms in total. The molecular formula is C13H22N4O2. The zero-order chi connectivity index (χ0) is 13.3. The lowest BCUT2D eigenvalue weighted by atomic mass is 9.89. The SMILES string of the molecule is CC(NC1CCC2(CC1)OCCO2)c1nncn1C. The van der Waals surface area contributed by atoms with Crippen LogP contribution >= 0.6 is 0 Å². The summed E-state index contributed by atoms with van der Waals surface area (Å²) in [6.45, 7) is 3.62. The van der Waals surface area contributed by atoms with Gasteiger partial charge in [-0.15, -0.1) is 10.2 Å². The number of ether oxygens (including phenoxy) is 2. The van der Waals surface area contributed by atoms with Crippen LogP contribution in [0.2, 0.25) is 0 Å². The minimum Gasteiger partial charge on any atom is -0.348 e. The Morgan fingerprint density at radius 1 is 1.37 bits per heavy atom. The molecule has 1 aromatic heterocycles. The van der Waals surface area contributed by atoms with Crippen LogP contribution in [-0.2, 0) is 16.5 Å². The molecule has 1 aliphatic heterocycles. The zero-order valence-corrected chi connectivity index (χ0v) is 11.6. The van der Waals surface area contributed by atoms with Gasteiger partial charge in [-0.25, -0.2) is 0 Å². The summed E-state index contributed by atoms with van der Waals surface area (Å²) in [6, 6.07) is 0.724. The van der Waals surface area contributed by atoms with Gasteiger partial charge in [-0.1, -0.05) is 0 Å². The highest BCUT2D eigenvalue weighted by Crippen LogP contribution is 2.36. The van der Waals surface area contributed by atoms with Crippen LogP contribution in [-0.4, -0.2) is 39.8 Å². The summed E-state index contributed by atoms with van der Waals surface area (Å²) < 4.78 is 13.5. The zero-order valence-electron chi connectivity index (χ0n) is 11.6. The molecule has 1 saturated heterocycles. The molecule has 1 unspecified atom stereocenters. The summed E-state index contributed by atoms with van der Waals surface area (Å²) in [5, 5.41) is 11.7. The van der Waals surface area contributed by atoms with E-state index in [1.165, 1.54) is 0 Å². The van der Waals surface area contributed by atoms with Crippen LogP contribution in [0.15, 0.2) is 6.33 Å². The summed E-state index contributed by atoms with van der Waals surface area (Å²) in [6.07, 6.45) is 5.88. The van der Waals surface area contributed by atoms with Crippen molar-refractivity contribution in [3.63, 3.8) is 0 Å². The van der Waals surface area contributed by atoms with Crippen molar-refractivity contribution >= 4 is 0 Å². The number of nitrogens with zero attached hydrogens (tertiary/aromatic N) is 3. The summed E-state index contributed by atoms with van der Waals surface area (Å²) in [4.78, 5) is 0. The molecule has 1 N–H and O–H groups in total. The molecule has 6 heteroatoms. The fraction of sp³-hybridized carbons (Fsp3) is 0.846. The highest BCUT2D eigenvalue weighted by molar-refractivity contribution is 4.95. The highest BCUT2D eigenvalue weighted by atomic mass is 16.7. The van der Waals surface area contributed by atoms with E-state index in [0.29, 0.717) is 6.04 Å². The molecule has 0 amide bonds. The first kappa shape index (κ1) is 13.0. The van der Waals surface area contributed by atoms with Gasteiger partial charge < -0.3 is 19.4 Å². The molecule has 1 spiro atoms. The van der Waals surface area contributed by atoms with Gasteiger partial charge in [0.15, 0.2) is 5.79 Å². The van der Waals surface area contributed by atoms with Gasteiger partial charge in [0.25, 0.3) is 0 Å². The van der Waals surface area contributed by atoms with E-state index in [4.69, 9.17) is 9.47 Å². The van der Waals surface area contributed by atoms with Gasteiger partial charge >= 0.3 is 0 Å². The Morgan fingerprint density at radius 3 is 2.63 bits per heavy atom. The van der Waals surface area contributed by atoms with Crippen LogP contribution in [0.5, 0.6) is 0 Å². The maximum absolute atomic E-state index is 5.75. The van der Waals surface area contributed by atoms with Gasteiger partial charge in [-0.3, -0.25) is 0 Å². The Balaban J connectivity index is 1.53. The standard InChI is InChI=1S/C13H22N4O2/c1-10(12-16-14-9-17(12)2)15-11-3-5-13(6-4-11)18-7-8-19-13/h9-11,15H,3-8H2,1-2H3. The van der Waals surface area contributed by atoms with Crippen LogP contribution in [0.3, 0.4) is 0 Å². The Bertz CT molecular complexity index is 418. The third kappa shape index (κ3) is 2.66. The summed E-state index contributed by atoms with van der Waals surface area (Å²) in [5.74, 6) is 0.709. The lowest BCUT2D eigenvalue weighted by Gasteiger charge is -2.36. The van der Waals surface area contributed by atoms with E-state index >= 15 is 0 Å². The van der Waals surface area contributed by atoms with Crippen LogP contribution in [0.1, 0.15) is 44.5 Å². The summed E-state index contributed by atoms with van der Waals surface area (Å²) >= 11 is 0. The lowest BCUT2D eigenvalue weighted by Crippen LogP contribution is -2.43. The van der Waals surface area contributed by atoms with E-state index in [2.05, 4.69) is 22.4 Å². The van der Waals surface area contributed by atoms with Crippen molar-refractivity contribution in [2.45, 2.75) is 50.5 Å². The molecule has 19 heavy (non-hydrogen) atoms. The molecule has 2 fully saturated rings. The first-order valence-corrected chi connectivity index (χ1v) is 7.06. The second-order valence-electron chi connectivity index (χ2n) is 5.57. The Hall–Kier alpha value is -0.980. The second kappa shape index (κ2) is 5.19. The molecule has 1 aromatic rings. The fourth-order valence-electron chi connectivity index (χ4n) is 3.12. The van der Waals surface area contributed by atoms with Crippen molar-refractivity contribution in [1.29, 1.82) is 0 Å². The largest absolute Gasteiger partial charge is 0.348 e. The normalized spacial score (nSPS) is 24.9. The molecule has 1 atom stereocenters. The topological polar surface area (TPSA) is 61.2 Å². The summed E-state index contributed by atoms with van der Waals surface area (Å²) in [7, 11) is 1.98. The van der Waals surface area contributed by atoms with E-state index < -0.39 is 0 Å². The number of aryl methyl sites for hydroxylation is 1. The van der Waals surface area contributed by atoms with Gasteiger partial charge in [0.2, 0.25) is 0 Å². The van der Waals surface area contributed by atoms with Crippen LogP contribution in [0, 0.1) is 0 Å². The van der Waals surface area contributed by atoms with Crippen LogP contribution in [0.4, 0.5) is 0 Å². The van der Waals surface area contributed by atoms with Gasteiger partial charge in [0, 0.05) is 25.9 Å².